The van der Waals surface area contributed by atoms with Crippen molar-refractivity contribution in [3.8, 4) is 0 Å². The molecular formula is C16H19N2O+. The molecule has 2 aromatic rings. The fourth-order valence-electron chi connectivity index (χ4n) is 1.94. The molecule has 1 unspecified atom stereocenters. The average Bonchev–Trinajstić information content (AvgIpc) is 2.42. The van der Waals surface area contributed by atoms with Crippen LogP contribution in [0.15, 0.2) is 54.6 Å². The lowest BCUT2D eigenvalue weighted by Gasteiger charge is -2.11. The number of anilines is 1. The second-order valence-electron chi connectivity index (χ2n) is 4.69. The molecule has 1 atom stereocenters. The summed E-state index contributed by atoms with van der Waals surface area (Å²) >= 11 is 0. The quantitative estimate of drug-likeness (QED) is 0.859. The Morgan fingerprint density at radius 1 is 1.11 bits per heavy atom. The number of aryl methyl sites for hydroxylation is 1. The second kappa shape index (κ2) is 6.16. The normalized spacial score (nSPS) is 11.9. The van der Waals surface area contributed by atoms with Crippen molar-refractivity contribution in [3.05, 3.63) is 65.7 Å². The SMILES string of the molecule is Cc1ccccc1NC(=O)C([NH3+])Cc1ccccc1. The fraction of sp³-hybridized carbons (Fsp3) is 0.188. The van der Waals surface area contributed by atoms with E-state index in [1.807, 2.05) is 61.5 Å². The zero-order chi connectivity index (χ0) is 13.7. The minimum atomic E-state index is -0.290. The summed E-state index contributed by atoms with van der Waals surface area (Å²) in [5.74, 6) is -0.0434. The lowest BCUT2D eigenvalue weighted by Crippen LogP contribution is -2.67. The Morgan fingerprint density at radius 3 is 2.42 bits per heavy atom. The van der Waals surface area contributed by atoms with Crippen LogP contribution in [0.2, 0.25) is 0 Å². The third kappa shape index (κ3) is 3.66. The molecule has 0 aromatic heterocycles. The van der Waals surface area contributed by atoms with Gasteiger partial charge in [0.05, 0.1) is 0 Å². The molecule has 3 heteroatoms. The van der Waals surface area contributed by atoms with Gasteiger partial charge in [0.2, 0.25) is 0 Å². The first-order chi connectivity index (χ1) is 9.16. The molecule has 19 heavy (non-hydrogen) atoms. The lowest BCUT2D eigenvalue weighted by atomic mass is 10.1. The topological polar surface area (TPSA) is 56.7 Å². The number of amides is 1. The van der Waals surface area contributed by atoms with E-state index < -0.39 is 0 Å². The predicted octanol–water partition coefficient (Wildman–Crippen LogP) is 1.79. The van der Waals surface area contributed by atoms with Crippen molar-refractivity contribution in [1.82, 2.24) is 0 Å². The van der Waals surface area contributed by atoms with E-state index in [4.69, 9.17) is 0 Å². The Bertz CT molecular complexity index is 552. The Labute approximate surface area is 113 Å². The van der Waals surface area contributed by atoms with Crippen LogP contribution in [0.1, 0.15) is 11.1 Å². The van der Waals surface area contributed by atoms with Crippen LogP contribution in [0.5, 0.6) is 0 Å². The summed E-state index contributed by atoms with van der Waals surface area (Å²) in [5.41, 5.74) is 6.99. The summed E-state index contributed by atoms with van der Waals surface area (Å²) in [6.07, 6.45) is 0.651. The molecule has 2 aromatic carbocycles. The van der Waals surface area contributed by atoms with Crippen LogP contribution in [0.4, 0.5) is 5.69 Å². The van der Waals surface area contributed by atoms with Crippen molar-refractivity contribution in [2.24, 2.45) is 0 Å². The van der Waals surface area contributed by atoms with Gasteiger partial charge in [-0.05, 0) is 24.1 Å². The van der Waals surface area contributed by atoms with Gasteiger partial charge < -0.3 is 11.1 Å². The molecule has 0 aliphatic carbocycles. The van der Waals surface area contributed by atoms with E-state index in [2.05, 4.69) is 11.1 Å². The smallest absolute Gasteiger partial charge is 0.282 e. The highest BCUT2D eigenvalue weighted by atomic mass is 16.2. The summed E-state index contributed by atoms with van der Waals surface area (Å²) in [5, 5.41) is 2.93. The minimum absolute atomic E-state index is 0.0434. The number of para-hydroxylation sites is 1. The predicted molar refractivity (Wildman–Crippen MR) is 76.6 cm³/mol. The number of hydrogen-bond donors (Lipinski definition) is 2. The van der Waals surface area contributed by atoms with Gasteiger partial charge in [0.1, 0.15) is 0 Å². The Morgan fingerprint density at radius 2 is 1.74 bits per heavy atom. The standard InChI is InChI=1S/C16H18N2O/c1-12-7-5-6-10-15(12)18-16(19)14(17)11-13-8-3-2-4-9-13/h2-10,14H,11,17H2,1H3,(H,18,19)/p+1. The number of carbonyl (C=O) groups excluding carboxylic acids is 1. The van der Waals surface area contributed by atoms with Crippen LogP contribution in [-0.2, 0) is 11.2 Å². The first-order valence-electron chi connectivity index (χ1n) is 6.40. The van der Waals surface area contributed by atoms with Crippen molar-refractivity contribution < 1.29 is 10.5 Å². The maximum atomic E-state index is 12.1. The Balaban J connectivity index is 1.99. The van der Waals surface area contributed by atoms with E-state index in [0.29, 0.717) is 6.42 Å². The van der Waals surface area contributed by atoms with Crippen LogP contribution in [0, 0.1) is 6.92 Å². The van der Waals surface area contributed by atoms with Crippen LogP contribution in [0.25, 0.3) is 0 Å². The molecular weight excluding hydrogens is 236 g/mol. The van der Waals surface area contributed by atoms with Crippen LogP contribution in [0.3, 0.4) is 0 Å². The Kier molecular flexibility index (Phi) is 4.31. The van der Waals surface area contributed by atoms with Gasteiger partial charge in [-0.2, -0.15) is 0 Å². The third-order valence-corrected chi connectivity index (χ3v) is 3.10. The van der Waals surface area contributed by atoms with E-state index in [9.17, 15) is 4.79 Å². The van der Waals surface area contributed by atoms with Crippen LogP contribution >= 0.6 is 0 Å². The lowest BCUT2D eigenvalue weighted by molar-refractivity contribution is -0.402. The maximum absolute atomic E-state index is 12.1. The van der Waals surface area contributed by atoms with Crippen molar-refractivity contribution >= 4 is 11.6 Å². The van der Waals surface area contributed by atoms with Crippen molar-refractivity contribution in [2.75, 3.05) is 5.32 Å². The maximum Gasteiger partial charge on any atom is 0.282 e. The van der Waals surface area contributed by atoms with Crippen molar-refractivity contribution in [1.29, 1.82) is 0 Å². The van der Waals surface area contributed by atoms with Crippen molar-refractivity contribution in [2.45, 2.75) is 19.4 Å². The molecule has 4 N–H and O–H groups in total. The summed E-state index contributed by atoms with van der Waals surface area (Å²) in [6, 6.07) is 17.4. The molecule has 0 bridgehead atoms. The molecule has 0 aliphatic heterocycles. The molecule has 0 saturated carbocycles. The van der Waals surface area contributed by atoms with Crippen molar-refractivity contribution in [3.63, 3.8) is 0 Å². The highest BCUT2D eigenvalue weighted by Gasteiger charge is 2.18. The highest BCUT2D eigenvalue weighted by Crippen LogP contribution is 2.13. The molecule has 2 rings (SSSR count). The zero-order valence-corrected chi connectivity index (χ0v) is 11.1. The van der Waals surface area contributed by atoms with E-state index in [-0.39, 0.29) is 11.9 Å². The largest absolute Gasteiger partial charge is 0.347 e. The average molecular weight is 255 g/mol. The molecule has 0 spiro atoms. The summed E-state index contributed by atoms with van der Waals surface area (Å²) in [7, 11) is 0. The third-order valence-electron chi connectivity index (χ3n) is 3.10. The van der Waals surface area contributed by atoms with Gasteiger partial charge in [-0.25, -0.2) is 0 Å². The number of hydrogen-bond acceptors (Lipinski definition) is 1. The second-order valence-corrected chi connectivity index (χ2v) is 4.69. The van der Waals surface area contributed by atoms with Crippen LogP contribution in [-0.4, -0.2) is 11.9 Å². The van der Waals surface area contributed by atoms with Gasteiger partial charge in [-0.15, -0.1) is 0 Å². The van der Waals surface area contributed by atoms with E-state index >= 15 is 0 Å². The first-order valence-corrected chi connectivity index (χ1v) is 6.40. The number of carbonyl (C=O) groups is 1. The van der Waals surface area contributed by atoms with Gasteiger partial charge in [0.25, 0.3) is 5.91 Å². The van der Waals surface area contributed by atoms with Gasteiger partial charge >= 0.3 is 0 Å². The number of rotatable bonds is 4. The molecule has 1 amide bonds. The van der Waals surface area contributed by atoms with Gasteiger partial charge in [-0.3, -0.25) is 4.79 Å². The van der Waals surface area contributed by atoms with E-state index in [1.165, 1.54) is 0 Å². The Hall–Kier alpha value is -2.13. The van der Waals surface area contributed by atoms with Crippen LogP contribution < -0.4 is 11.1 Å². The number of benzene rings is 2. The van der Waals surface area contributed by atoms with E-state index in [1.54, 1.807) is 0 Å². The molecule has 0 radical (unpaired) electrons. The number of nitrogens with one attached hydrogen (secondary N) is 1. The molecule has 98 valence electrons. The van der Waals surface area contributed by atoms with E-state index in [0.717, 1.165) is 16.8 Å². The molecule has 0 aliphatic rings. The summed E-state index contributed by atoms with van der Waals surface area (Å²) < 4.78 is 0. The molecule has 0 heterocycles. The monoisotopic (exact) mass is 255 g/mol. The molecule has 0 fully saturated rings. The highest BCUT2D eigenvalue weighted by molar-refractivity contribution is 5.94. The van der Waals surface area contributed by atoms with Gasteiger partial charge in [0.15, 0.2) is 6.04 Å². The van der Waals surface area contributed by atoms with Gasteiger partial charge in [-0.1, -0.05) is 48.5 Å². The fourth-order valence-corrected chi connectivity index (χ4v) is 1.94. The number of quaternary nitrogens is 1. The molecule has 0 saturated heterocycles. The zero-order valence-electron chi connectivity index (χ0n) is 11.1. The van der Waals surface area contributed by atoms with Gasteiger partial charge in [0, 0.05) is 12.1 Å². The molecule has 3 nitrogen and oxygen atoms in total. The first kappa shape index (κ1) is 13.3. The summed E-state index contributed by atoms with van der Waals surface area (Å²) in [4.78, 5) is 12.1. The summed E-state index contributed by atoms with van der Waals surface area (Å²) in [6.45, 7) is 1.98. The minimum Gasteiger partial charge on any atom is -0.347 e.